The predicted octanol–water partition coefficient (Wildman–Crippen LogP) is 2.57. The van der Waals surface area contributed by atoms with Crippen LogP contribution in [-0.4, -0.2) is 39.1 Å². The van der Waals surface area contributed by atoms with Gasteiger partial charge in [-0.15, -0.1) is 0 Å². The summed E-state index contributed by atoms with van der Waals surface area (Å²) in [6, 6.07) is 0. The zero-order valence-electron chi connectivity index (χ0n) is 12.1. The van der Waals surface area contributed by atoms with Crippen LogP contribution in [0.3, 0.4) is 0 Å². The molecule has 4 nitrogen and oxygen atoms in total. The van der Waals surface area contributed by atoms with Gasteiger partial charge in [-0.2, -0.15) is 0 Å². The van der Waals surface area contributed by atoms with E-state index < -0.39 is 0 Å². The molecule has 0 aliphatic heterocycles. The average Bonchev–Trinajstić information content (AvgIpc) is 2.19. The second-order valence-corrected chi connectivity index (χ2v) is 3.58. The molecule has 0 unspecified atom stereocenters. The Labute approximate surface area is 126 Å². The van der Waals surface area contributed by atoms with Crippen molar-refractivity contribution in [3.63, 3.8) is 0 Å². The summed E-state index contributed by atoms with van der Waals surface area (Å²) < 4.78 is 0. The van der Waals surface area contributed by atoms with Gasteiger partial charge >= 0.3 is 5.78 Å². The molecule has 0 rings (SSSR count). The van der Waals surface area contributed by atoms with Crippen LogP contribution in [0.4, 0.5) is 0 Å². The largest absolute Gasteiger partial charge is 0.512 e. The Balaban J connectivity index is -0.0000000813. The molecule has 0 aromatic rings. The topological polar surface area (TPSA) is 82.1 Å². The van der Waals surface area contributed by atoms with Gasteiger partial charge in [0.2, 0.25) is 0 Å². The molecule has 0 heterocycles. The second kappa shape index (κ2) is 25.6. The Kier molecular flexibility index (Phi) is 37.6. The predicted molar refractivity (Wildman–Crippen MR) is 73.0 cm³/mol. The van der Waals surface area contributed by atoms with Crippen molar-refractivity contribution in [2.45, 2.75) is 53.4 Å². The third-order valence-corrected chi connectivity index (χ3v) is 1.44. The summed E-state index contributed by atoms with van der Waals surface area (Å²) in [6.45, 7) is 7.79. The molecule has 0 saturated heterocycles. The van der Waals surface area contributed by atoms with E-state index in [4.69, 9.17) is 20.1 Å². The summed E-state index contributed by atoms with van der Waals surface area (Å²) in [5.41, 5.74) is 0. The standard InChI is InChI=1S/C5H8O2.2C4H10O.Ti/c1-4(6)3-5(2)7;2*1-2-3-4-5;/h3,6H,1-2H3;2*5H,2-4H2,1H3;/p+1/b4-3-;;;. The van der Waals surface area contributed by atoms with E-state index in [9.17, 15) is 0 Å². The Bertz CT molecular complexity index is 168. The van der Waals surface area contributed by atoms with Crippen LogP contribution in [0, 0.1) is 0 Å². The first-order valence-corrected chi connectivity index (χ1v) is 6.07. The fourth-order valence-electron chi connectivity index (χ4n) is 0.619. The van der Waals surface area contributed by atoms with Crippen LogP contribution < -0.4 is 0 Å². The molecule has 0 aliphatic carbocycles. The smallest absolute Gasteiger partial charge is 0.316 e. The van der Waals surface area contributed by atoms with Crippen molar-refractivity contribution in [1.82, 2.24) is 0 Å². The zero-order valence-corrected chi connectivity index (χ0v) is 13.7. The number of aliphatic hydroxyl groups excluding tert-OH is 3. The van der Waals surface area contributed by atoms with Crippen molar-refractivity contribution in [3.8, 4) is 0 Å². The molecule has 4 N–H and O–H groups in total. The molecule has 5 heteroatoms. The maximum absolute atomic E-state index is 8.40. The van der Waals surface area contributed by atoms with Crippen molar-refractivity contribution in [2.24, 2.45) is 0 Å². The van der Waals surface area contributed by atoms with Crippen molar-refractivity contribution < 1.29 is 41.8 Å². The summed E-state index contributed by atoms with van der Waals surface area (Å²) in [7, 11) is 0. The van der Waals surface area contributed by atoms with E-state index in [1.165, 1.54) is 19.9 Å². The maximum atomic E-state index is 8.40. The van der Waals surface area contributed by atoms with Gasteiger partial charge in [-0.3, -0.25) is 4.79 Å². The number of hydrogen-bond acceptors (Lipinski definition) is 3. The Morgan fingerprint density at radius 2 is 1.33 bits per heavy atom. The average molecular weight is 297 g/mol. The van der Waals surface area contributed by atoms with E-state index in [-0.39, 0.29) is 33.3 Å². The number of unbranched alkanes of at least 4 members (excludes halogenated alkanes) is 2. The Morgan fingerprint density at radius 3 is 1.33 bits per heavy atom. The number of carbonyl (C=O) groups excluding carboxylic acids is 1. The first-order valence-electron chi connectivity index (χ1n) is 6.07. The fraction of sp³-hybridized carbons (Fsp3) is 0.769. The maximum Gasteiger partial charge on any atom is 0.316 e. The van der Waals surface area contributed by atoms with E-state index in [2.05, 4.69) is 13.8 Å². The molecule has 0 spiro atoms. The van der Waals surface area contributed by atoms with Gasteiger partial charge in [-0.1, -0.05) is 26.7 Å². The Hall–Kier alpha value is -0.156. The number of rotatable bonds is 5. The molecule has 0 aliphatic rings. The molecule has 18 heavy (non-hydrogen) atoms. The first-order chi connectivity index (χ1) is 7.95. The number of allylic oxidation sites excluding steroid dienone is 2. The minimum absolute atomic E-state index is 0. The van der Waals surface area contributed by atoms with E-state index >= 15 is 0 Å². The normalized spacial score (nSPS) is 9.11. The summed E-state index contributed by atoms with van der Waals surface area (Å²) in [6.07, 6.45) is 5.35. The van der Waals surface area contributed by atoms with E-state index in [1.54, 1.807) is 0 Å². The van der Waals surface area contributed by atoms with E-state index in [1.807, 2.05) is 0 Å². The van der Waals surface area contributed by atoms with Gasteiger partial charge in [0.05, 0.1) is 18.8 Å². The van der Waals surface area contributed by atoms with Crippen LogP contribution in [0.25, 0.3) is 0 Å². The monoisotopic (exact) mass is 297 g/mol. The quantitative estimate of drug-likeness (QED) is 0.316. The first kappa shape index (κ1) is 26.4. The molecule has 108 valence electrons. The SMILES string of the molecule is CC(=[OH+])/C=C(/C)O.CCCCO.CCCCO.[Ti]. The Morgan fingerprint density at radius 1 is 1.00 bits per heavy atom. The molecule has 0 amide bonds. The van der Waals surface area contributed by atoms with Crippen molar-refractivity contribution in [1.29, 1.82) is 0 Å². The van der Waals surface area contributed by atoms with Gasteiger partial charge in [0.1, 0.15) is 0 Å². The molecule has 0 atom stereocenters. The molecule has 0 aromatic heterocycles. The van der Waals surface area contributed by atoms with Crippen LogP contribution >= 0.6 is 0 Å². The van der Waals surface area contributed by atoms with Crippen LogP contribution in [0.2, 0.25) is 0 Å². The van der Waals surface area contributed by atoms with Gasteiger partial charge in [0, 0.05) is 34.9 Å². The third-order valence-electron chi connectivity index (χ3n) is 1.44. The van der Waals surface area contributed by atoms with Crippen LogP contribution in [0.15, 0.2) is 11.8 Å². The van der Waals surface area contributed by atoms with Crippen LogP contribution in [0.1, 0.15) is 53.4 Å². The molecule has 0 aromatic carbocycles. The van der Waals surface area contributed by atoms with Crippen LogP contribution in [-0.2, 0) is 21.7 Å². The minimum atomic E-state index is 0. The molecular weight excluding hydrogens is 268 g/mol. The molecule has 0 saturated carbocycles. The van der Waals surface area contributed by atoms with Crippen molar-refractivity contribution in [3.05, 3.63) is 11.8 Å². The summed E-state index contributed by atoms with van der Waals surface area (Å²) in [5, 5.41) is 24.5. The molecule has 0 fully saturated rings. The third kappa shape index (κ3) is 56.7. The fourth-order valence-corrected chi connectivity index (χ4v) is 0.619. The van der Waals surface area contributed by atoms with Gasteiger partial charge < -0.3 is 15.3 Å². The van der Waals surface area contributed by atoms with E-state index in [0.717, 1.165) is 25.7 Å². The van der Waals surface area contributed by atoms with Gasteiger partial charge in [-0.25, -0.2) is 0 Å². The summed E-state index contributed by atoms with van der Waals surface area (Å²) in [5.74, 6) is 0.250. The molecular formula is C13H29O4Ti+. The van der Waals surface area contributed by atoms with Gasteiger partial charge in [0.15, 0.2) is 0 Å². The van der Waals surface area contributed by atoms with Crippen molar-refractivity contribution >= 4 is 5.78 Å². The van der Waals surface area contributed by atoms with Crippen molar-refractivity contribution in [2.75, 3.05) is 13.2 Å². The number of aliphatic hydroxyl groups is 3. The number of hydrogen-bond donors (Lipinski definition) is 3. The summed E-state index contributed by atoms with van der Waals surface area (Å²) in [4.78, 5) is 8.40. The molecule has 0 radical (unpaired) electrons. The zero-order chi connectivity index (χ0) is 14.1. The van der Waals surface area contributed by atoms with Gasteiger partial charge in [0.25, 0.3) is 0 Å². The summed E-state index contributed by atoms with van der Waals surface area (Å²) >= 11 is 0. The van der Waals surface area contributed by atoms with E-state index in [0.29, 0.717) is 13.2 Å². The van der Waals surface area contributed by atoms with Crippen LogP contribution in [0.5, 0.6) is 0 Å². The number of ketones is 1. The minimum Gasteiger partial charge on any atom is -0.512 e. The van der Waals surface area contributed by atoms with Gasteiger partial charge in [-0.05, 0) is 19.8 Å². The second-order valence-electron chi connectivity index (χ2n) is 3.58. The molecule has 0 bridgehead atoms.